The Kier molecular flexibility index (Phi) is 5.54. The molecular formula is C10H14BrNO4S. The van der Waals surface area contributed by atoms with Gasteiger partial charge in [-0.1, -0.05) is 28.1 Å². The number of hydrogen-bond acceptors (Lipinski definition) is 4. The van der Waals surface area contributed by atoms with Gasteiger partial charge in [0.1, 0.15) is 0 Å². The molecule has 0 spiro atoms. The molecule has 1 rings (SSSR count). The van der Waals surface area contributed by atoms with Crippen LogP contribution in [0.4, 0.5) is 0 Å². The summed E-state index contributed by atoms with van der Waals surface area (Å²) in [5.74, 6) is 0. The quantitative estimate of drug-likeness (QED) is 0.653. The third-order valence-corrected chi connectivity index (χ3v) is 4.19. The Morgan fingerprint density at radius 1 is 1.29 bits per heavy atom. The van der Waals surface area contributed by atoms with Crippen LogP contribution < -0.4 is 4.72 Å². The first kappa shape index (κ1) is 14.6. The molecule has 0 bridgehead atoms. The fourth-order valence-corrected chi connectivity index (χ4v) is 2.56. The van der Waals surface area contributed by atoms with Crippen LogP contribution >= 0.6 is 15.9 Å². The molecule has 0 saturated carbocycles. The van der Waals surface area contributed by atoms with Crippen LogP contribution in [0.25, 0.3) is 0 Å². The van der Waals surface area contributed by atoms with Gasteiger partial charge in [-0.15, -0.1) is 0 Å². The molecule has 1 aromatic carbocycles. The van der Waals surface area contributed by atoms with Crippen molar-refractivity contribution in [1.82, 2.24) is 4.72 Å². The van der Waals surface area contributed by atoms with E-state index in [2.05, 4.69) is 20.7 Å². The summed E-state index contributed by atoms with van der Waals surface area (Å²) in [6.45, 7) is -0.690. The molecule has 0 heterocycles. The maximum Gasteiger partial charge on any atom is 0.240 e. The van der Waals surface area contributed by atoms with Crippen LogP contribution in [-0.2, 0) is 15.4 Å². The Bertz CT molecular complexity index is 446. The number of hydrogen-bond donors (Lipinski definition) is 3. The molecule has 96 valence electrons. The van der Waals surface area contributed by atoms with Gasteiger partial charge < -0.3 is 10.2 Å². The Morgan fingerprint density at radius 3 is 2.35 bits per heavy atom. The van der Waals surface area contributed by atoms with Crippen molar-refractivity contribution in [2.75, 3.05) is 13.2 Å². The second-order valence-corrected chi connectivity index (χ2v) is 5.79. The number of rotatable bonds is 6. The summed E-state index contributed by atoms with van der Waals surface area (Å²) in [6, 6.07) is 6.38. The minimum absolute atomic E-state index is 0.132. The van der Waals surface area contributed by atoms with E-state index in [0.29, 0.717) is 5.33 Å². The Hall–Kier alpha value is -0.470. The fourth-order valence-electron chi connectivity index (χ4n) is 1.11. The molecule has 1 unspecified atom stereocenters. The molecule has 7 heteroatoms. The summed E-state index contributed by atoms with van der Waals surface area (Å²) in [7, 11) is -3.63. The number of benzene rings is 1. The Labute approximate surface area is 109 Å². The summed E-state index contributed by atoms with van der Waals surface area (Å²) < 4.78 is 25.7. The molecule has 1 aromatic rings. The first-order chi connectivity index (χ1) is 7.99. The zero-order valence-electron chi connectivity index (χ0n) is 9.01. The third kappa shape index (κ3) is 4.36. The molecule has 0 aromatic heterocycles. The Morgan fingerprint density at radius 2 is 1.88 bits per heavy atom. The topological polar surface area (TPSA) is 86.6 Å². The minimum Gasteiger partial charge on any atom is -0.394 e. The van der Waals surface area contributed by atoms with E-state index in [-0.39, 0.29) is 11.4 Å². The highest BCUT2D eigenvalue weighted by molar-refractivity contribution is 9.08. The molecule has 0 aliphatic heterocycles. The predicted octanol–water partition coefficient (Wildman–Crippen LogP) is 0.213. The van der Waals surface area contributed by atoms with Gasteiger partial charge in [0.2, 0.25) is 10.0 Å². The average molecular weight is 324 g/mol. The molecule has 0 radical (unpaired) electrons. The van der Waals surface area contributed by atoms with Gasteiger partial charge in [-0.25, -0.2) is 13.1 Å². The van der Waals surface area contributed by atoms with E-state index in [9.17, 15) is 8.42 Å². The number of halogens is 1. The smallest absolute Gasteiger partial charge is 0.240 e. The van der Waals surface area contributed by atoms with Gasteiger partial charge in [-0.3, -0.25) is 0 Å². The largest absolute Gasteiger partial charge is 0.394 e. The van der Waals surface area contributed by atoms with E-state index in [1.54, 1.807) is 12.1 Å². The van der Waals surface area contributed by atoms with Crippen LogP contribution in [0.1, 0.15) is 5.56 Å². The normalized spacial score (nSPS) is 13.6. The van der Waals surface area contributed by atoms with Gasteiger partial charge in [-0.05, 0) is 17.7 Å². The summed E-state index contributed by atoms with van der Waals surface area (Å²) in [5.41, 5.74) is 0.972. The van der Waals surface area contributed by atoms with Crippen LogP contribution in [0.5, 0.6) is 0 Å². The highest BCUT2D eigenvalue weighted by Crippen LogP contribution is 2.12. The maximum atomic E-state index is 11.7. The zero-order valence-corrected chi connectivity index (χ0v) is 11.4. The summed E-state index contributed by atoms with van der Waals surface area (Å²) >= 11 is 3.27. The first-order valence-corrected chi connectivity index (χ1v) is 7.53. The van der Waals surface area contributed by atoms with Crippen LogP contribution in [0, 0.1) is 0 Å². The molecule has 0 fully saturated rings. The van der Waals surface area contributed by atoms with Crippen LogP contribution in [-0.4, -0.2) is 37.9 Å². The highest BCUT2D eigenvalue weighted by atomic mass is 79.9. The van der Waals surface area contributed by atoms with Crippen molar-refractivity contribution in [2.24, 2.45) is 0 Å². The number of nitrogens with one attached hydrogen (secondary N) is 1. The SMILES string of the molecule is O=S(=O)(NCC(O)CO)c1ccc(CBr)cc1. The molecule has 0 aliphatic carbocycles. The monoisotopic (exact) mass is 323 g/mol. The second kappa shape index (κ2) is 6.46. The van der Waals surface area contributed by atoms with Gasteiger partial charge >= 0.3 is 0 Å². The molecule has 1 atom stereocenters. The average Bonchev–Trinajstić information content (AvgIpc) is 2.36. The second-order valence-electron chi connectivity index (χ2n) is 3.47. The molecule has 0 saturated heterocycles. The van der Waals surface area contributed by atoms with Gasteiger partial charge in [0.05, 0.1) is 17.6 Å². The number of sulfonamides is 1. The summed E-state index contributed by atoms with van der Waals surface area (Å²) in [5, 5.41) is 18.3. The lowest BCUT2D eigenvalue weighted by Gasteiger charge is -2.10. The van der Waals surface area contributed by atoms with Crippen molar-refractivity contribution in [3.8, 4) is 0 Å². The van der Waals surface area contributed by atoms with E-state index in [1.165, 1.54) is 12.1 Å². The lowest BCUT2D eigenvalue weighted by Crippen LogP contribution is -2.33. The predicted molar refractivity (Wildman–Crippen MR) is 67.4 cm³/mol. The third-order valence-electron chi connectivity index (χ3n) is 2.11. The highest BCUT2D eigenvalue weighted by Gasteiger charge is 2.15. The molecular weight excluding hydrogens is 310 g/mol. The van der Waals surface area contributed by atoms with Crippen molar-refractivity contribution in [3.05, 3.63) is 29.8 Å². The van der Waals surface area contributed by atoms with Crippen LogP contribution in [0.15, 0.2) is 29.2 Å². The molecule has 17 heavy (non-hydrogen) atoms. The van der Waals surface area contributed by atoms with Gasteiger partial charge in [0.15, 0.2) is 0 Å². The van der Waals surface area contributed by atoms with E-state index in [4.69, 9.17) is 10.2 Å². The van der Waals surface area contributed by atoms with E-state index in [1.807, 2.05) is 0 Å². The van der Waals surface area contributed by atoms with Crippen molar-refractivity contribution in [3.63, 3.8) is 0 Å². The first-order valence-electron chi connectivity index (χ1n) is 4.93. The number of alkyl halides is 1. The molecule has 0 aliphatic rings. The Balaban J connectivity index is 2.75. The van der Waals surface area contributed by atoms with Gasteiger partial charge in [0, 0.05) is 11.9 Å². The van der Waals surface area contributed by atoms with E-state index < -0.39 is 22.7 Å². The van der Waals surface area contributed by atoms with Gasteiger partial charge in [-0.2, -0.15) is 0 Å². The van der Waals surface area contributed by atoms with Crippen molar-refractivity contribution in [2.45, 2.75) is 16.3 Å². The standard InChI is InChI=1S/C10H14BrNO4S/c11-5-8-1-3-10(4-2-8)17(15,16)12-6-9(14)7-13/h1-4,9,12-14H,5-7H2. The van der Waals surface area contributed by atoms with Crippen LogP contribution in [0.3, 0.4) is 0 Å². The number of aliphatic hydroxyl groups is 2. The number of aliphatic hydroxyl groups excluding tert-OH is 2. The lowest BCUT2D eigenvalue weighted by molar-refractivity contribution is 0.0988. The fraction of sp³-hybridized carbons (Fsp3) is 0.400. The van der Waals surface area contributed by atoms with Crippen molar-refractivity contribution in [1.29, 1.82) is 0 Å². The summed E-state index contributed by atoms with van der Waals surface area (Å²) in [4.78, 5) is 0.132. The molecule has 5 nitrogen and oxygen atoms in total. The lowest BCUT2D eigenvalue weighted by atomic mass is 10.2. The van der Waals surface area contributed by atoms with Crippen molar-refractivity contribution < 1.29 is 18.6 Å². The van der Waals surface area contributed by atoms with E-state index >= 15 is 0 Å². The molecule has 3 N–H and O–H groups in total. The molecule has 0 amide bonds. The van der Waals surface area contributed by atoms with Gasteiger partial charge in [0.25, 0.3) is 0 Å². The summed E-state index contributed by atoms with van der Waals surface area (Å²) in [6.07, 6.45) is -1.09. The van der Waals surface area contributed by atoms with E-state index in [0.717, 1.165) is 5.56 Å². The minimum atomic E-state index is -3.63. The van der Waals surface area contributed by atoms with Crippen molar-refractivity contribution >= 4 is 26.0 Å². The van der Waals surface area contributed by atoms with Crippen LogP contribution in [0.2, 0.25) is 0 Å². The zero-order chi connectivity index (χ0) is 12.9. The maximum absolute atomic E-state index is 11.7.